The van der Waals surface area contributed by atoms with Crippen molar-refractivity contribution in [2.24, 2.45) is 0 Å². The maximum atomic E-state index is 3.33. The Labute approximate surface area is 142 Å². The summed E-state index contributed by atoms with van der Waals surface area (Å²) in [5, 5.41) is 3.33. The molecular formula is C19H47N3. The highest BCUT2D eigenvalue weighted by Gasteiger charge is 2.13. The van der Waals surface area contributed by atoms with Gasteiger partial charge < -0.3 is 10.2 Å². The smallest absolute Gasteiger partial charge is 0.0110 e. The van der Waals surface area contributed by atoms with E-state index >= 15 is 0 Å². The molecule has 0 amide bonds. The average molecular weight is 318 g/mol. The van der Waals surface area contributed by atoms with Crippen LogP contribution in [0.25, 0.3) is 0 Å². The van der Waals surface area contributed by atoms with E-state index in [0.29, 0.717) is 0 Å². The van der Waals surface area contributed by atoms with Crippen molar-refractivity contribution in [1.29, 1.82) is 0 Å². The Bertz CT molecular complexity index is 181. The van der Waals surface area contributed by atoms with Crippen LogP contribution >= 0.6 is 0 Å². The van der Waals surface area contributed by atoms with Crippen LogP contribution in [-0.4, -0.2) is 61.2 Å². The van der Waals surface area contributed by atoms with Gasteiger partial charge in [0.1, 0.15) is 0 Å². The molecule has 2 rings (SSSR count). The van der Waals surface area contributed by atoms with Crippen LogP contribution < -0.4 is 5.32 Å². The fourth-order valence-corrected chi connectivity index (χ4v) is 2.46. The van der Waals surface area contributed by atoms with Crippen molar-refractivity contribution in [3.63, 3.8) is 0 Å². The SMILES string of the molecule is C.CC.CC.CC(C)N1CCCC1.CC(C)N1CCNCC1. The van der Waals surface area contributed by atoms with Crippen LogP contribution in [0.5, 0.6) is 0 Å². The second-order valence-electron chi connectivity index (χ2n) is 5.72. The number of hydrogen-bond donors (Lipinski definition) is 1. The van der Waals surface area contributed by atoms with Crippen LogP contribution in [0.3, 0.4) is 0 Å². The Balaban J connectivity index is -0.000000259. The van der Waals surface area contributed by atoms with E-state index in [-0.39, 0.29) is 7.43 Å². The van der Waals surface area contributed by atoms with E-state index < -0.39 is 0 Å². The van der Waals surface area contributed by atoms with Gasteiger partial charge in [-0.25, -0.2) is 0 Å². The van der Waals surface area contributed by atoms with Crippen molar-refractivity contribution in [3.05, 3.63) is 0 Å². The molecule has 0 atom stereocenters. The van der Waals surface area contributed by atoms with Gasteiger partial charge in [-0.2, -0.15) is 0 Å². The fourth-order valence-electron chi connectivity index (χ4n) is 2.46. The van der Waals surface area contributed by atoms with Crippen LogP contribution in [0.15, 0.2) is 0 Å². The lowest BCUT2D eigenvalue weighted by molar-refractivity contribution is 0.196. The molecule has 138 valence electrons. The molecule has 3 nitrogen and oxygen atoms in total. The molecule has 2 heterocycles. The summed E-state index contributed by atoms with van der Waals surface area (Å²) < 4.78 is 0. The summed E-state index contributed by atoms with van der Waals surface area (Å²) in [6.45, 7) is 24.5. The molecule has 2 fully saturated rings. The molecule has 0 aromatic carbocycles. The summed E-state index contributed by atoms with van der Waals surface area (Å²) in [4.78, 5) is 5.02. The third kappa shape index (κ3) is 13.5. The number of piperazine rings is 1. The predicted octanol–water partition coefficient (Wildman–Crippen LogP) is 4.48. The lowest BCUT2D eigenvalue weighted by Gasteiger charge is -2.30. The maximum absolute atomic E-state index is 3.33. The van der Waals surface area contributed by atoms with Gasteiger partial charge >= 0.3 is 0 Å². The Morgan fingerprint density at radius 2 is 0.955 bits per heavy atom. The second-order valence-corrected chi connectivity index (χ2v) is 5.72. The molecule has 0 bridgehead atoms. The van der Waals surface area contributed by atoms with E-state index in [9.17, 15) is 0 Å². The van der Waals surface area contributed by atoms with Crippen LogP contribution in [0.4, 0.5) is 0 Å². The van der Waals surface area contributed by atoms with Gasteiger partial charge in [-0.15, -0.1) is 0 Å². The molecule has 0 aromatic heterocycles. The highest BCUT2D eigenvalue weighted by molar-refractivity contribution is 4.70. The van der Waals surface area contributed by atoms with Crippen molar-refractivity contribution < 1.29 is 0 Å². The molecule has 0 aliphatic carbocycles. The number of nitrogens with zero attached hydrogens (tertiary/aromatic N) is 2. The first kappa shape index (κ1) is 26.8. The molecule has 1 N–H and O–H groups in total. The van der Waals surface area contributed by atoms with Gasteiger partial charge in [0.2, 0.25) is 0 Å². The first-order chi connectivity index (χ1) is 10.1. The van der Waals surface area contributed by atoms with Crippen molar-refractivity contribution >= 4 is 0 Å². The monoisotopic (exact) mass is 317 g/mol. The van der Waals surface area contributed by atoms with E-state index in [0.717, 1.165) is 25.2 Å². The number of nitrogens with one attached hydrogen (secondary N) is 1. The second kappa shape index (κ2) is 18.9. The Hall–Kier alpha value is -0.120. The molecule has 0 saturated carbocycles. The predicted molar refractivity (Wildman–Crippen MR) is 105 cm³/mol. The number of rotatable bonds is 2. The summed E-state index contributed by atoms with van der Waals surface area (Å²) in [6.07, 6.45) is 2.83. The molecule has 22 heavy (non-hydrogen) atoms. The third-order valence-electron chi connectivity index (χ3n) is 3.75. The first-order valence-corrected chi connectivity index (χ1v) is 9.30. The minimum Gasteiger partial charge on any atom is -0.314 e. The summed E-state index contributed by atoms with van der Waals surface area (Å²) in [5.74, 6) is 0. The average Bonchev–Trinajstić information content (AvgIpc) is 3.07. The Morgan fingerprint density at radius 3 is 1.18 bits per heavy atom. The van der Waals surface area contributed by atoms with E-state index in [4.69, 9.17) is 0 Å². The van der Waals surface area contributed by atoms with Crippen molar-refractivity contribution in [2.45, 2.75) is 87.7 Å². The van der Waals surface area contributed by atoms with Crippen molar-refractivity contribution in [3.8, 4) is 0 Å². The molecule has 3 heteroatoms. The maximum Gasteiger partial charge on any atom is 0.0110 e. The zero-order valence-corrected chi connectivity index (χ0v) is 16.2. The number of hydrogen-bond acceptors (Lipinski definition) is 3. The third-order valence-corrected chi connectivity index (χ3v) is 3.75. The Kier molecular flexibility index (Phi) is 23.0. The van der Waals surface area contributed by atoms with E-state index in [1.807, 2.05) is 27.7 Å². The standard InChI is InChI=1S/C7H16N2.C7H15N.2C2H6.CH4/c1-7(2)9-5-3-8-4-6-9;1-7(2)8-5-3-4-6-8;2*1-2;/h7-8H,3-6H2,1-2H3;7H,3-6H2,1-2H3;2*1-2H3;1H4. The molecule has 0 unspecified atom stereocenters. The minimum atomic E-state index is 0. The summed E-state index contributed by atoms with van der Waals surface area (Å²) >= 11 is 0. The minimum absolute atomic E-state index is 0. The number of likely N-dealkylation sites (tertiary alicyclic amines) is 1. The van der Waals surface area contributed by atoms with Crippen LogP contribution in [0.2, 0.25) is 0 Å². The van der Waals surface area contributed by atoms with Crippen LogP contribution in [0.1, 0.15) is 75.7 Å². The summed E-state index contributed by atoms with van der Waals surface area (Å²) in [6, 6.07) is 1.50. The fraction of sp³-hybridized carbons (Fsp3) is 1.00. The van der Waals surface area contributed by atoms with E-state index in [1.54, 1.807) is 0 Å². The van der Waals surface area contributed by atoms with E-state index in [2.05, 4.69) is 42.8 Å². The van der Waals surface area contributed by atoms with Crippen molar-refractivity contribution in [1.82, 2.24) is 15.1 Å². The van der Waals surface area contributed by atoms with Gasteiger partial charge in [0.25, 0.3) is 0 Å². The topological polar surface area (TPSA) is 18.5 Å². The zero-order valence-electron chi connectivity index (χ0n) is 16.2. The summed E-state index contributed by atoms with van der Waals surface area (Å²) in [7, 11) is 0. The van der Waals surface area contributed by atoms with Gasteiger partial charge in [0.15, 0.2) is 0 Å². The van der Waals surface area contributed by atoms with Crippen LogP contribution in [-0.2, 0) is 0 Å². The van der Waals surface area contributed by atoms with E-state index in [1.165, 1.54) is 39.0 Å². The van der Waals surface area contributed by atoms with Gasteiger partial charge in [-0.3, -0.25) is 4.90 Å². The molecule has 0 spiro atoms. The molecule has 0 radical (unpaired) electrons. The first-order valence-electron chi connectivity index (χ1n) is 9.30. The largest absolute Gasteiger partial charge is 0.314 e. The molecular weight excluding hydrogens is 270 g/mol. The van der Waals surface area contributed by atoms with Crippen molar-refractivity contribution in [2.75, 3.05) is 39.3 Å². The summed E-state index contributed by atoms with van der Waals surface area (Å²) in [5.41, 5.74) is 0. The van der Waals surface area contributed by atoms with Gasteiger partial charge in [-0.05, 0) is 53.6 Å². The van der Waals surface area contributed by atoms with Gasteiger partial charge in [-0.1, -0.05) is 35.1 Å². The molecule has 0 aromatic rings. The molecule has 2 aliphatic heterocycles. The highest BCUT2D eigenvalue weighted by Crippen LogP contribution is 2.09. The lowest BCUT2D eigenvalue weighted by Crippen LogP contribution is -2.46. The quantitative estimate of drug-likeness (QED) is 0.810. The van der Waals surface area contributed by atoms with Crippen LogP contribution in [0, 0.1) is 0 Å². The van der Waals surface area contributed by atoms with Gasteiger partial charge in [0.05, 0.1) is 0 Å². The van der Waals surface area contributed by atoms with Gasteiger partial charge in [0, 0.05) is 38.3 Å². The zero-order chi connectivity index (χ0) is 16.7. The highest BCUT2D eigenvalue weighted by atomic mass is 15.2. The lowest BCUT2D eigenvalue weighted by atomic mass is 10.3. The Morgan fingerprint density at radius 1 is 0.636 bits per heavy atom. The molecule has 2 aliphatic rings. The molecule has 2 saturated heterocycles. The normalized spacial score (nSPS) is 18.3.